The van der Waals surface area contributed by atoms with E-state index in [0.29, 0.717) is 5.02 Å². The van der Waals surface area contributed by atoms with Gasteiger partial charge in [-0.15, -0.1) is 11.3 Å². The molecule has 0 spiro atoms. The monoisotopic (exact) mass is 398 g/mol. The molecule has 1 aliphatic rings. The van der Waals surface area contributed by atoms with E-state index in [4.69, 9.17) is 16.3 Å². The van der Waals surface area contributed by atoms with Gasteiger partial charge >= 0.3 is 0 Å². The van der Waals surface area contributed by atoms with E-state index in [1.807, 2.05) is 54.8 Å². The molecule has 0 fully saturated rings. The molecule has 2 aromatic carbocycles. The normalized spacial score (nSPS) is 13.6. The Morgan fingerprint density at radius 2 is 2.15 bits per heavy atom. The number of rotatable bonds is 4. The number of aliphatic imine (C=N–C) groups is 1. The molecule has 27 heavy (non-hydrogen) atoms. The predicted molar refractivity (Wildman–Crippen MR) is 112 cm³/mol. The highest BCUT2D eigenvalue weighted by Crippen LogP contribution is 2.31. The Morgan fingerprint density at radius 1 is 1.22 bits per heavy atom. The summed E-state index contributed by atoms with van der Waals surface area (Å²) in [4.78, 5) is 9.08. The molecule has 1 aromatic heterocycles. The minimum Gasteiger partial charge on any atom is -0.457 e. The van der Waals surface area contributed by atoms with Gasteiger partial charge in [0.15, 0.2) is 11.1 Å². The number of benzene rings is 2. The zero-order valence-electron chi connectivity index (χ0n) is 14.8. The molecule has 0 saturated heterocycles. The van der Waals surface area contributed by atoms with Crippen LogP contribution < -0.4 is 15.4 Å². The Labute approximate surface area is 167 Å². The van der Waals surface area contributed by atoms with E-state index < -0.39 is 0 Å². The number of aromatic nitrogens is 1. The number of anilines is 1. The van der Waals surface area contributed by atoms with E-state index in [-0.39, 0.29) is 0 Å². The van der Waals surface area contributed by atoms with Crippen molar-refractivity contribution in [1.29, 1.82) is 0 Å². The first-order valence-electron chi connectivity index (χ1n) is 8.73. The van der Waals surface area contributed by atoms with E-state index in [2.05, 4.69) is 20.6 Å². The van der Waals surface area contributed by atoms with Gasteiger partial charge in [0.05, 0.1) is 5.69 Å². The van der Waals surface area contributed by atoms with E-state index in [0.717, 1.165) is 58.9 Å². The molecule has 0 amide bonds. The van der Waals surface area contributed by atoms with Crippen LogP contribution in [0.15, 0.2) is 52.8 Å². The maximum atomic E-state index is 6.03. The third kappa shape index (κ3) is 4.40. The number of halogens is 1. The number of ether oxygens (including phenoxy) is 1. The molecular weight excluding hydrogens is 380 g/mol. The molecule has 2 heterocycles. The summed E-state index contributed by atoms with van der Waals surface area (Å²) >= 11 is 7.57. The van der Waals surface area contributed by atoms with Gasteiger partial charge in [0.25, 0.3) is 0 Å². The van der Waals surface area contributed by atoms with Crippen molar-refractivity contribution in [3.05, 3.63) is 58.4 Å². The van der Waals surface area contributed by atoms with Gasteiger partial charge in [-0.3, -0.25) is 4.99 Å². The van der Waals surface area contributed by atoms with Crippen molar-refractivity contribution in [1.82, 2.24) is 10.3 Å². The first-order chi connectivity index (χ1) is 13.2. The molecular formula is C20H19ClN4OS. The number of hydrogen-bond donors (Lipinski definition) is 2. The van der Waals surface area contributed by atoms with Gasteiger partial charge in [-0.05, 0) is 49.2 Å². The van der Waals surface area contributed by atoms with Crippen LogP contribution in [-0.2, 0) is 0 Å². The van der Waals surface area contributed by atoms with Gasteiger partial charge in [-0.2, -0.15) is 0 Å². The van der Waals surface area contributed by atoms with Crippen molar-refractivity contribution in [2.75, 3.05) is 18.4 Å². The van der Waals surface area contributed by atoms with Gasteiger partial charge in [-0.25, -0.2) is 4.98 Å². The molecule has 7 heteroatoms. The lowest BCUT2D eigenvalue weighted by Crippen LogP contribution is -2.35. The Morgan fingerprint density at radius 3 is 2.96 bits per heavy atom. The van der Waals surface area contributed by atoms with E-state index in [1.165, 1.54) is 0 Å². The van der Waals surface area contributed by atoms with Crippen LogP contribution in [0.1, 0.15) is 12.0 Å². The lowest BCUT2D eigenvalue weighted by molar-refractivity contribution is 0.479. The van der Waals surface area contributed by atoms with Gasteiger partial charge in [0.1, 0.15) is 11.5 Å². The van der Waals surface area contributed by atoms with Crippen LogP contribution >= 0.6 is 22.9 Å². The smallest absolute Gasteiger partial charge is 0.197 e. The second-order valence-corrected chi connectivity index (χ2v) is 7.51. The van der Waals surface area contributed by atoms with E-state index in [1.54, 1.807) is 11.3 Å². The lowest BCUT2D eigenvalue weighted by Gasteiger charge is -2.14. The fourth-order valence-electron chi connectivity index (χ4n) is 2.75. The van der Waals surface area contributed by atoms with Crippen LogP contribution in [0.4, 0.5) is 5.13 Å². The Hall–Kier alpha value is -2.57. The molecule has 0 bridgehead atoms. The van der Waals surface area contributed by atoms with Crippen molar-refractivity contribution >= 4 is 34.0 Å². The minimum absolute atomic E-state index is 0.702. The Bertz CT molecular complexity index is 986. The summed E-state index contributed by atoms with van der Waals surface area (Å²) in [5, 5.41) is 10.0. The maximum Gasteiger partial charge on any atom is 0.197 e. The second kappa shape index (κ2) is 7.98. The summed E-state index contributed by atoms with van der Waals surface area (Å²) < 4.78 is 6.03. The highest BCUT2D eigenvalue weighted by Gasteiger charge is 2.10. The minimum atomic E-state index is 0.702. The molecule has 0 aliphatic carbocycles. The maximum absolute atomic E-state index is 6.03. The van der Waals surface area contributed by atoms with Crippen LogP contribution in [0.5, 0.6) is 11.5 Å². The highest BCUT2D eigenvalue weighted by atomic mass is 35.5. The zero-order valence-corrected chi connectivity index (χ0v) is 16.4. The van der Waals surface area contributed by atoms with Crippen LogP contribution in [0.3, 0.4) is 0 Å². The van der Waals surface area contributed by atoms with Crippen LogP contribution in [0.2, 0.25) is 5.02 Å². The van der Waals surface area contributed by atoms with E-state index in [9.17, 15) is 0 Å². The number of nitrogens with zero attached hydrogens (tertiary/aromatic N) is 2. The summed E-state index contributed by atoms with van der Waals surface area (Å²) in [6.07, 6.45) is 1.06. The van der Waals surface area contributed by atoms with Gasteiger partial charge in [0.2, 0.25) is 0 Å². The molecule has 3 aromatic rings. The van der Waals surface area contributed by atoms with Gasteiger partial charge in [0, 0.05) is 29.1 Å². The van der Waals surface area contributed by atoms with Crippen LogP contribution in [0.25, 0.3) is 11.3 Å². The third-order valence-electron chi connectivity index (χ3n) is 4.12. The molecule has 0 saturated carbocycles. The first-order valence-corrected chi connectivity index (χ1v) is 9.98. The number of aryl methyl sites for hydroxylation is 1. The fourth-order valence-corrected chi connectivity index (χ4v) is 3.70. The largest absolute Gasteiger partial charge is 0.457 e. The summed E-state index contributed by atoms with van der Waals surface area (Å²) in [5.41, 5.74) is 2.90. The first kappa shape index (κ1) is 17.8. The Kier molecular flexibility index (Phi) is 5.27. The fraction of sp³-hybridized carbons (Fsp3) is 0.200. The summed E-state index contributed by atoms with van der Waals surface area (Å²) in [5.74, 6) is 2.34. The van der Waals surface area contributed by atoms with Crippen molar-refractivity contribution in [3.8, 4) is 22.8 Å². The standard InChI is InChI=1S/C20H19ClN4OS/c1-13-10-15(21)6-7-18(13)26-16-5-2-4-14(11-16)17-12-27-20(24-17)25-19-22-8-3-9-23-19/h2,4-7,10-12H,3,8-9H2,1H3,(H2,22,23,24,25). The molecule has 0 radical (unpaired) electrons. The molecule has 5 nitrogen and oxygen atoms in total. The average molecular weight is 399 g/mol. The van der Waals surface area contributed by atoms with Crippen molar-refractivity contribution in [3.63, 3.8) is 0 Å². The van der Waals surface area contributed by atoms with E-state index >= 15 is 0 Å². The zero-order chi connectivity index (χ0) is 18.6. The second-order valence-electron chi connectivity index (χ2n) is 6.21. The topological polar surface area (TPSA) is 58.5 Å². The number of nitrogens with one attached hydrogen (secondary N) is 2. The molecule has 0 unspecified atom stereocenters. The molecule has 138 valence electrons. The highest BCUT2D eigenvalue weighted by molar-refractivity contribution is 7.14. The molecule has 4 rings (SSSR count). The lowest BCUT2D eigenvalue weighted by atomic mass is 10.1. The number of guanidine groups is 1. The SMILES string of the molecule is Cc1cc(Cl)ccc1Oc1cccc(-c2csc(NC3=NCCCN3)n2)c1. The molecule has 0 atom stereocenters. The Balaban J connectivity index is 1.51. The average Bonchev–Trinajstić information content (AvgIpc) is 3.14. The third-order valence-corrected chi connectivity index (χ3v) is 5.11. The number of hydrogen-bond acceptors (Lipinski definition) is 6. The van der Waals surface area contributed by atoms with Crippen molar-refractivity contribution in [2.24, 2.45) is 4.99 Å². The molecule has 1 aliphatic heterocycles. The predicted octanol–water partition coefficient (Wildman–Crippen LogP) is 5.33. The van der Waals surface area contributed by atoms with Crippen LogP contribution in [-0.4, -0.2) is 24.0 Å². The number of thiazole rings is 1. The van der Waals surface area contributed by atoms with Gasteiger partial charge < -0.3 is 15.4 Å². The summed E-state index contributed by atoms with van der Waals surface area (Å²) in [6.45, 7) is 3.76. The quantitative estimate of drug-likeness (QED) is 0.624. The molecule has 2 N–H and O–H groups in total. The summed E-state index contributed by atoms with van der Waals surface area (Å²) in [7, 11) is 0. The van der Waals surface area contributed by atoms with Crippen LogP contribution in [0, 0.1) is 6.92 Å². The summed E-state index contributed by atoms with van der Waals surface area (Å²) in [6, 6.07) is 13.5. The van der Waals surface area contributed by atoms with Crippen molar-refractivity contribution < 1.29 is 4.74 Å². The van der Waals surface area contributed by atoms with Gasteiger partial charge in [-0.1, -0.05) is 23.7 Å². The van der Waals surface area contributed by atoms with Crippen molar-refractivity contribution in [2.45, 2.75) is 13.3 Å².